The van der Waals surface area contributed by atoms with E-state index >= 15 is 0 Å². The Kier molecular flexibility index (Phi) is 3.52. The minimum absolute atomic E-state index is 0.116. The highest BCUT2D eigenvalue weighted by Gasteiger charge is 2.72. The topological polar surface area (TPSA) is 62.2 Å². The van der Waals surface area contributed by atoms with Crippen LogP contribution >= 0.6 is 23.2 Å². The van der Waals surface area contributed by atoms with E-state index in [9.17, 15) is 9.90 Å². The van der Waals surface area contributed by atoms with Crippen LogP contribution in [0.15, 0.2) is 12.3 Å². The third kappa shape index (κ3) is 1.87. The quantitative estimate of drug-likeness (QED) is 0.856. The zero-order valence-electron chi connectivity index (χ0n) is 12.9. The minimum atomic E-state index is -0.591. The van der Waals surface area contributed by atoms with Crippen molar-refractivity contribution in [1.29, 1.82) is 0 Å². The number of nitrogens with one attached hydrogen (secondary N) is 1. The second kappa shape index (κ2) is 4.83. The number of pyridine rings is 1. The summed E-state index contributed by atoms with van der Waals surface area (Å²) in [6.07, 6.45) is 3.08. The number of carbonyl (C=O) groups excluding carboxylic acids is 1. The molecule has 0 spiro atoms. The van der Waals surface area contributed by atoms with Gasteiger partial charge in [0.15, 0.2) is 5.82 Å². The summed E-state index contributed by atoms with van der Waals surface area (Å²) in [6, 6.07) is 1.55. The third-order valence-electron chi connectivity index (χ3n) is 6.45. The fraction of sp³-hybridized carbons (Fsp3) is 0.625. The van der Waals surface area contributed by atoms with Gasteiger partial charge in [0.05, 0.1) is 21.6 Å². The molecule has 0 saturated heterocycles. The van der Waals surface area contributed by atoms with Crippen molar-refractivity contribution in [3.63, 3.8) is 0 Å². The summed E-state index contributed by atoms with van der Waals surface area (Å²) in [5, 5.41) is 14.0. The fourth-order valence-electron chi connectivity index (χ4n) is 4.36. The summed E-state index contributed by atoms with van der Waals surface area (Å²) in [5.41, 5.74) is -1.12. The van der Waals surface area contributed by atoms with Crippen LogP contribution in [0.3, 0.4) is 0 Å². The maximum absolute atomic E-state index is 13.0. The number of rotatable bonds is 2. The van der Waals surface area contributed by atoms with Crippen molar-refractivity contribution in [2.24, 2.45) is 16.2 Å². The molecule has 120 valence electrons. The number of anilines is 1. The van der Waals surface area contributed by atoms with Gasteiger partial charge >= 0.3 is 0 Å². The molecule has 2 bridgehead atoms. The molecule has 0 aliphatic heterocycles. The molecular weight excluding hydrogens is 323 g/mol. The van der Waals surface area contributed by atoms with Crippen molar-refractivity contribution in [2.45, 2.75) is 46.1 Å². The molecule has 3 atom stereocenters. The number of hydrogen-bond donors (Lipinski definition) is 2. The van der Waals surface area contributed by atoms with Gasteiger partial charge in [0.2, 0.25) is 5.91 Å². The maximum atomic E-state index is 13.0. The van der Waals surface area contributed by atoms with Crippen LogP contribution in [0.4, 0.5) is 5.82 Å². The molecule has 2 fully saturated rings. The normalized spacial score (nSPS) is 35.6. The molecule has 3 rings (SSSR count). The third-order valence-corrected chi connectivity index (χ3v) is 6.94. The lowest BCUT2D eigenvalue weighted by Gasteiger charge is -2.40. The number of carbonyl (C=O) groups is 1. The van der Waals surface area contributed by atoms with Crippen LogP contribution in [-0.2, 0) is 4.79 Å². The van der Waals surface area contributed by atoms with Gasteiger partial charge in [-0.3, -0.25) is 4.79 Å². The molecule has 1 aromatic heterocycles. The molecule has 2 saturated carbocycles. The van der Waals surface area contributed by atoms with Crippen molar-refractivity contribution in [3.8, 4) is 0 Å². The standard InChI is InChI=1S/C16H20Cl2N2O2/c1-14(2)15(3)4-5-16(14,7-11(15)21)13(22)20-12-10(18)6-9(17)8-19-12/h6,8,11,21H,4-5,7H2,1-3H3,(H,19,20,22)/t11-,15-,16+/m0/s1. The van der Waals surface area contributed by atoms with E-state index in [2.05, 4.69) is 31.1 Å². The molecule has 2 aliphatic rings. The smallest absolute Gasteiger partial charge is 0.232 e. The number of fused-ring (bicyclic) bond motifs is 2. The zero-order valence-corrected chi connectivity index (χ0v) is 14.4. The van der Waals surface area contributed by atoms with Crippen molar-refractivity contribution >= 4 is 34.9 Å². The van der Waals surface area contributed by atoms with Gasteiger partial charge in [-0.25, -0.2) is 4.98 Å². The molecule has 1 amide bonds. The van der Waals surface area contributed by atoms with Crippen molar-refractivity contribution in [1.82, 2.24) is 4.98 Å². The first-order chi connectivity index (χ1) is 10.1. The molecule has 2 N–H and O–H groups in total. The molecule has 2 aliphatic carbocycles. The number of amides is 1. The molecule has 0 aromatic carbocycles. The highest BCUT2D eigenvalue weighted by Crippen LogP contribution is 2.72. The molecule has 6 heteroatoms. The lowest BCUT2D eigenvalue weighted by molar-refractivity contribution is -0.130. The Hall–Kier alpha value is -0.840. The fourth-order valence-corrected chi connectivity index (χ4v) is 4.79. The number of hydrogen-bond acceptors (Lipinski definition) is 3. The van der Waals surface area contributed by atoms with Gasteiger partial charge in [0.25, 0.3) is 0 Å². The average Bonchev–Trinajstić information content (AvgIpc) is 2.72. The van der Waals surface area contributed by atoms with Gasteiger partial charge in [-0.05, 0) is 36.2 Å². The van der Waals surface area contributed by atoms with E-state index in [-0.39, 0.29) is 16.7 Å². The molecule has 1 aromatic rings. The first-order valence-corrected chi connectivity index (χ1v) is 8.20. The molecular formula is C16H20Cl2N2O2. The largest absolute Gasteiger partial charge is 0.393 e. The van der Waals surface area contributed by atoms with E-state index in [1.54, 1.807) is 6.07 Å². The maximum Gasteiger partial charge on any atom is 0.232 e. The molecule has 0 radical (unpaired) electrons. The van der Waals surface area contributed by atoms with Crippen LogP contribution in [0.5, 0.6) is 0 Å². The Bertz CT molecular complexity index is 649. The molecule has 4 nitrogen and oxygen atoms in total. The summed E-state index contributed by atoms with van der Waals surface area (Å²) in [4.78, 5) is 17.1. The monoisotopic (exact) mass is 342 g/mol. The Morgan fingerprint density at radius 3 is 2.55 bits per heavy atom. The van der Waals surface area contributed by atoms with E-state index in [0.29, 0.717) is 22.3 Å². The van der Waals surface area contributed by atoms with E-state index in [4.69, 9.17) is 23.2 Å². The predicted octanol–water partition coefficient (Wildman–Crippen LogP) is 3.90. The molecule has 22 heavy (non-hydrogen) atoms. The first-order valence-electron chi connectivity index (χ1n) is 7.45. The Labute approximate surface area is 140 Å². The van der Waals surface area contributed by atoms with E-state index < -0.39 is 11.5 Å². The van der Waals surface area contributed by atoms with Crippen molar-refractivity contribution in [3.05, 3.63) is 22.3 Å². The second-order valence-corrected chi connectivity index (χ2v) is 8.13. The zero-order chi connectivity index (χ0) is 16.3. The summed E-state index contributed by atoms with van der Waals surface area (Å²) >= 11 is 11.9. The number of halogens is 2. The van der Waals surface area contributed by atoms with Gasteiger partial charge in [0.1, 0.15) is 0 Å². The summed E-state index contributed by atoms with van der Waals surface area (Å²) < 4.78 is 0. The van der Waals surface area contributed by atoms with E-state index in [1.165, 1.54) is 6.20 Å². The summed E-state index contributed by atoms with van der Waals surface area (Å²) in [6.45, 7) is 6.23. The van der Waals surface area contributed by atoms with Crippen LogP contribution in [-0.4, -0.2) is 22.1 Å². The Balaban J connectivity index is 1.93. The van der Waals surface area contributed by atoms with Crippen LogP contribution in [0.25, 0.3) is 0 Å². The minimum Gasteiger partial charge on any atom is -0.393 e. The predicted molar refractivity (Wildman–Crippen MR) is 87.1 cm³/mol. The average molecular weight is 343 g/mol. The van der Waals surface area contributed by atoms with Crippen molar-refractivity contribution in [2.75, 3.05) is 5.32 Å². The van der Waals surface area contributed by atoms with Crippen LogP contribution in [0.1, 0.15) is 40.0 Å². The number of aliphatic hydroxyl groups is 1. The highest BCUT2D eigenvalue weighted by atomic mass is 35.5. The van der Waals surface area contributed by atoms with Gasteiger partial charge < -0.3 is 10.4 Å². The van der Waals surface area contributed by atoms with Crippen LogP contribution in [0.2, 0.25) is 10.0 Å². The SMILES string of the molecule is CC1(C)[C@]2(C(=O)Nc3ncc(Cl)cc3Cl)CC[C@@]1(C)[C@@H](O)C2. The Morgan fingerprint density at radius 1 is 1.36 bits per heavy atom. The van der Waals surface area contributed by atoms with Crippen LogP contribution < -0.4 is 5.32 Å². The number of nitrogens with zero attached hydrogens (tertiary/aromatic N) is 1. The number of aliphatic hydroxyl groups excluding tert-OH is 1. The first kappa shape index (κ1) is 16.0. The van der Waals surface area contributed by atoms with Crippen molar-refractivity contribution < 1.29 is 9.90 Å². The van der Waals surface area contributed by atoms with Gasteiger partial charge in [-0.15, -0.1) is 0 Å². The second-order valence-electron chi connectivity index (χ2n) is 7.28. The van der Waals surface area contributed by atoms with E-state index in [1.807, 2.05) is 0 Å². The number of aromatic nitrogens is 1. The van der Waals surface area contributed by atoms with Gasteiger partial charge in [-0.1, -0.05) is 44.0 Å². The highest BCUT2D eigenvalue weighted by molar-refractivity contribution is 6.36. The van der Waals surface area contributed by atoms with Gasteiger partial charge in [0, 0.05) is 6.20 Å². The summed E-state index contributed by atoms with van der Waals surface area (Å²) in [5.74, 6) is 0.200. The van der Waals surface area contributed by atoms with Crippen LogP contribution in [0, 0.1) is 16.2 Å². The molecule has 1 heterocycles. The van der Waals surface area contributed by atoms with Gasteiger partial charge in [-0.2, -0.15) is 0 Å². The Morgan fingerprint density at radius 2 is 2.05 bits per heavy atom. The summed E-state index contributed by atoms with van der Waals surface area (Å²) in [7, 11) is 0. The molecule has 0 unspecified atom stereocenters. The lowest BCUT2D eigenvalue weighted by Crippen LogP contribution is -2.43. The van der Waals surface area contributed by atoms with E-state index in [0.717, 1.165) is 12.8 Å². The lowest BCUT2D eigenvalue weighted by atomic mass is 9.64.